The lowest BCUT2D eigenvalue weighted by atomic mass is 10.0. The van der Waals surface area contributed by atoms with Crippen LogP contribution in [0.4, 0.5) is 0 Å². The molecule has 0 spiro atoms. The standard InChI is InChI=1S/C17H19BrN2O4/c1-2-24-15-7-12(15)16(21)20-14(17(22)23)5-9-8-19-13-4-3-10(18)6-11(9)13/h3-4,6,8,12,14-15,19H,2,5,7H2,1H3,(H,20,21)(H,22,23). The molecule has 1 saturated carbocycles. The Bertz CT molecular complexity index is 773. The summed E-state index contributed by atoms with van der Waals surface area (Å²) < 4.78 is 6.31. The molecule has 0 bridgehead atoms. The largest absolute Gasteiger partial charge is 0.480 e. The Morgan fingerprint density at radius 3 is 3.00 bits per heavy atom. The number of carboxylic acid groups (broad SMARTS) is 1. The van der Waals surface area contributed by atoms with Gasteiger partial charge in [0.05, 0.1) is 12.0 Å². The summed E-state index contributed by atoms with van der Waals surface area (Å²) in [7, 11) is 0. The molecule has 1 aromatic heterocycles. The molecule has 3 N–H and O–H groups in total. The summed E-state index contributed by atoms with van der Waals surface area (Å²) >= 11 is 3.42. The molecule has 1 aliphatic carbocycles. The van der Waals surface area contributed by atoms with E-state index in [4.69, 9.17) is 4.74 Å². The van der Waals surface area contributed by atoms with E-state index >= 15 is 0 Å². The van der Waals surface area contributed by atoms with E-state index in [0.29, 0.717) is 13.0 Å². The zero-order valence-corrected chi connectivity index (χ0v) is 14.8. The Morgan fingerprint density at radius 2 is 2.29 bits per heavy atom. The average Bonchev–Trinajstić information content (AvgIpc) is 3.20. The first-order chi connectivity index (χ1) is 11.5. The lowest BCUT2D eigenvalue weighted by molar-refractivity contribution is -0.142. The van der Waals surface area contributed by atoms with Gasteiger partial charge < -0.3 is 20.1 Å². The molecule has 0 radical (unpaired) electrons. The number of aliphatic carboxylic acids is 1. The predicted molar refractivity (Wildman–Crippen MR) is 92.8 cm³/mol. The molecule has 1 fully saturated rings. The van der Waals surface area contributed by atoms with Crippen LogP contribution >= 0.6 is 15.9 Å². The number of halogens is 1. The highest BCUT2D eigenvalue weighted by Gasteiger charge is 2.44. The van der Waals surface area contributed by atoms with Crippen molar-refractivity contribution in [2.24, 2.45) is 5.92 Å². The summed E-state index contributed by atoms with van der Waals surface area (Å²) in [6, 6.07) is 4.82. The summed E-state index contributed by atoms with van der Waals surface area (Å²) in [6.45, 7) is 2.43. The number of hydrogen-bond acceptors (Lipinski definition) is 3. The molecule has 0 aliphatic heterocycles. The van der Waals surface area contributed by atoms with Gasteiger partial charge in [0, 0.05) is 34.6 Å². The normalized spacial score (nSPS) is 20.8. The average molecular weight is 395 g/mol. The minimum Gasteiger partial charge on any atom is -0.480 e. The van der Waals surface area contributed by atoms with E-state index in [2.05, 4.69) is 26.2 Å². The second kappa shape index (κ2) is 6.94. The molecule has 3 unspecified atom stereocenters. The van der Waals surface area contributed by atoms with Crippen LogP contribution < -0.4 is 5.32 Å². The van der Waals surface area contributed by atoms with Gasteiger partial charge in [-0.3, -0.25) is 4.79 Å². The van der Waals surface area contributed by atoms with Crippen molar-refractivity contribution in [3.05, 3.63) is 34.4 Å². The van der Waals surface area contributed by atoms with Gasteiger partial charge in [0.25, 0.3) is 0 Å². The summed E-state index contributed by atoms with van der Waals surface area (Å²) in [4.78, 5) is 26.9. The number of hydrogen-bond donors (Lipinski definition) is 3. The quantitative estimate of drug-likeness (QED) is 0.672. The number of benzene rings is 1. The fourth-order valence-corrected chi connectivity index (χ4v) is 3.23. The van der Waals surface area contributed by atoms with E-state index in [0.717, 1.165) is 20.9 Å². The van der Waals surface area contributed by atoms with Crippen LogP contribution in [0.25, 0.3) is 10.9 Å². The van der Waals surface area contributed by atoms with Gasteiger partial charge in [-0.05, 0) is 37.1 Å². The molecular formula is C17H19BrN2O4. The monoisotopic (exact) mass is 394 g/mol. The van der Waals surface area contributed by atoms with E-state index < -0.39 is 12.0 Å². The van der Waals surface area contributed by atoms with Gasteiger partial charge in [0.2, 0.25) is 5.91 Å². The van der Waals surface area contributed by atoms with Crippen molar-refractivity contribution >= 4 is 38.7 Å². The van der Waals surface area contributed by atoms with E-state index in [-0.39, 0.29) is 24.3 Å². The molecule has 3 rings (SSSR count). The molecule has 2 aromatic rings. The third kappa shape index (κ3) is 3.62. The SMILES string of the molecule is CCOC1CC1C(=O)NC(Cc1c[nH]c2ccc(Br)cc12)C(=O)O. The maximum atomic E-state index is 12.2. The van der Waals surface area contributed by atoms with Crippen LogP contribution in [-0.4, -0.2) is 40.7 Å². The van der Waals surface area contributed by atoms with Gasteiger partial charge in [0.1, 0.15) is 6.04 Å². The molecule has 0 saturated heterocycles. The van der Waals surface area contributed by atoms with E-state index in [1.165, 1.54) is 0 Å². The number of aromatic amines is 1. The summed E-state index contributed by atoms with van der Waals surface area (Å²) in [5, 5.41) is 13.0. The van der Waals surface area contributed by atoms with Crippen molar-refractivity contribution in [2.45, 2.75) is 31.9 Å². The highest BCUT2D eigenvalue weighted by molar-refractivity contribution is 9.10. The van der Waals surface area contributed by atoms with E-state index in [1.54, 1.807) is 6.20 Å². The molecule has 1 aliphatic rings. The van der Waals surface area contributed by atoms with Gasteiger partial charge in [0.15, 0.2) is 0 Å². The van der Waals surface area contributed by atoms with Gasteiger partial charge in [-0.15, -0.1) is 0 Å². The highest BCUT2D eigenvalue weighted by Crippen LogP contribution is 2.34. The fraction of sp³-hybridized carbons (Fsp3) is 0.412. The minimum atomic E-state index is -1.04. The third-order valence-electron chi connectivity index (χ3n) is 4.22. The number of carboxylic acids is 1. The van der Waals surface area contributed by atoms with Crippen molar-refractivity contribution < 1.29 is 19.4 Å². The molecule has 3 atom stereocenters. The first-order valence-corrected chi connectivity index (χ1v) is 8.69. The third-order valence-corrected chi connectivity index (χ3v) is 4.71. The number of H-pyrrole nitrogens is 1. The number of rotatable bonds is 7. The van der Waals surface area contributed by atoms with Crippen LogP contribution in [-0.2, 0) is 20.7 Å². The van der Waals surface area contributed by atoms with Crippen LogP contribution in [0, 0.1) is 5.92 Å². The number of carbonyl (C=O) groups excluding carboxylic acids is 1. The minimum absolute atomic E-state index is 0.0755. The summed E-state index contributed by atoms with van der Waals surface area (Å²) in [5.74, 6) is -1.52. The second-order valence-corrected chi connectivity index (χ2v) is 6.86. The smallest absolute Gasteiger partial charge is 0.326 e. The molecule has 6 nitrogen and oxygen atoms in total. The maximum Gasteiger partial charge on any atom is 0.326 e. The second-order valence-electron chi connectivity index (χ2n) is 5.94. The number of nitrogens with one attached hydrogen (secondary N) is 2. The zero-order chi connectivity index (χ0) is 17.3. The molecule has 1 amide bonds. The molecule has 1 aromatic carbocycles. The van der Waals surface area contributed by atoms with Gasteiger partial charge >= 0.3 is 5.97 Å². The van der Waals surface area contributed by atoms with Crippen LogP contribution in [0.2, 0.25) is 0 Å². The van der Waals surface area contributed by atoms with Crippen LogP contribution in [0.5, 0.6) is 0 Å². The number of carbonyl (C=O) groups is 2. The molecule has 24 heavy (non-hydrogen) atoms. The van der Waals surface area contributed by atoms with E-state index in [1.807, 2.05) is 25.1 Å². The summed E-state index contributed by atoms with van der Waals surface area (Å²) in [5.41, 5.74) is 1.79. The Kier molecular flexibility index (Phi) is 4.91. The van der Waals surface area contributed by atoms with Gasteiger partial charge in [-0.2, -0.15) is 0 Å². The molecule has 7 heteroatoms. The Hall–Kier alpha value is -1.86. The van der Waals surface area contributed by atoms with Crippen molar-refractivity contribution in [1.82, 2.24) is 10.3 Å². The van der Waals surface area contributed by atoms with Crippen molar-refractivity contribution in [3.63, 3.8) is 0 Å². The Balaban J connectivity index is 1.71. The highest BCUT2D eigenvalue weighted by atomic mass is 79.9. The lowest BCUT2D eigenvalue weighted by Gasteiger charge is -2.14. The fourth-order valence-electron chi connectivity index (χ4n) is 2.86. The zero-order valence-electron chi connectivity index (χ0n) is 13.2. The van der Waals surface area contributed by atoms with Crippen molar-refractivity contribution in [1.29, 1.82) is 0 Å². The summed E-state index contributed by atoms with van der Waals surface area (Å²) in [6.07, 6.45) is 2.60. The Labute approximate surface area is 147 Å². The van der Waals surface area contributed by atoms with Gasteiger partial charge in [-0.1, -0.05) is 15.9 Å². The number of amides is 1. The van der Waals surface area contributed by atoms with Crippen LogP contribution in [0.1, 0.15) is 18.9 Å². The first kappa shape index (κ1) is 17.0. The molecule has 1 heterocycles. The molecule has 128 valence electrons. The number of fused-ring (bicyclic) bond motifs is 1. The predicted octanol–water partition coefficient (Wildman–Crippen LogP) is 2.47. The topological polar surface area (TPSA) is 91.4 Å². The first-order valence-electron chi connectivity index (χ1n) is 7.90. The van der Waals surface area contributed by atoms with Crippen LogP contribution in [0.15, 0.2) is 28.9 Å². The van der Waals surface area contributed by atoms with Crippen molar-refractivity contribution in [2.75, 3.05) is 6.61 Å². The maximum absolute atomic E-state index is 12.2. The van der Waals surface area contributed by atoms with Crippen LogP contribution in [0.3, 0.4) is 0 Å². The number of aromatic nitrogens is 1. The Morgan fingerprint density at radius 1 is 1.50 bits per heavy atom. The van der Waals surface area contributed by atoms with E-state index in [9.17, 15) is 14.7 Å². The van der Waals surface area contributed by atoms with Gasteiger partial charge in [-0.25, -0.2) is 4.79 Å². The molecular weight excluding hydrogens is 376 g/mol. The van der Waals surface area contributed by atoms with Crippen molar-refractivity contribution in [3.8, 4) is 0 Å². The lowest BCUT2D eigenvalue weighted by Crippen LogP contribution is -2.43. The number of ether oxygens (including phenoxy) is 1.